The minimum Gasteiger partial charge on any atom is -0.465 e. The highest BCUT2D eigenvalue weighted by Crippen LogP contribution is 1.59. The third-order valence-corrected chi connectivity index (χ3v) is 0.214. The molecule has 0 spiro atoms. The smallest absolute Gasteiger partial charge is 0.414 e. The second kappa shape index (κ2) is 6.30. The zero-order valence-corrected chi connectivity index (χ0v) is 4.37. The van der Waals surface area contributed by atoms with Crippen LogP contribution in [-0.2, 0) is 0 Å². The molecule has 5 nitrogen and oxygen atoms in total. The minimum atomic E-state index is -1.56. The molecule has 3 N–H and O–H groups in total. The van der Waals surface area contributed by atoms with Crippen molar-refractivity contribution in [1.82, 2.24) is 5.32 Å². The van der Waals surface area contributed by atoms with Gasteiger partial charge in [0.05, 0.1) is 0 Å². The van der Waals surface area contributed by atoms with Crippen LogP contribution in [0.25, 0.3) is 0 Å². The van der Waals surface area contributed by atoms with Crippen LogP contribution in [0, 0.1) is 12.8 Å². The van der Waals surface area contributed by atoms with Gasteiger partial charge in [0.15, 0.2) is 0 Å². The number of carbonyl (C=O) groups is 2. The maximum Gasteiger partial charge on any atom is 0.414 e. The molecule has 5 heteroatoms. The van der Waals surface area contributed by atoms with Gasteiger partial charge in [0.1, 0.15) is 0 Å². The molecule has 0 heterocycles. The molecule has 0 aromatic carbocycles. The standard InChI is InChI=1S/C2H3NO4.C2H2/c4-1(5)3-2(6)7;1-2/h3H,(H,4,5)(H,6,7);1-2H. The topological polar surface area (TPSA) is 86.6 Å². The molecule has 0 saturated heterocycles. The summed E-state index contributed by atoms with van der Waals surface area (Å²) in [4.78, 5) is 18.6. The normalized spacial score (nSPS) is 6.00. The number of hydrogen-bond donors (Lipinski definition) is 3. The van der Waals surface area contributed by atoms with Gasteiger partial charge >= 0.3 is 12.2 Å². The first-order chi connectivity index (χ1) is 4.13. The molecule has 0 aliphatic carbocycles. The number of nitrogens with one attached hydrogen (secondary N) is 1. The van der Waals surface area contributed by atoms with Crippen molar-refractivity contribution in [1.29, 1.82) is 0 Å². The Hall–Kier alpha value is -1.70. The first-order valence-electron chi connectivity index (χ1n) is 1.69. The number of imide groups is 1. The van der Waals surface area contributed by atoms with Crippen LogP contribution in [0.2, 0.25) is 0 Å². The largest absolute Gasteiger partial charge is 0.465 e. The van der Waals surface area contributed by atoms with E-state index in [1.165, 1.54) is 0 Å². The number of terminal acetylenes is 1. The van der Waals surface area contributed by atoms with Gasteiger partial charge in [-0.25, -0.2) is 14.9 Å². The summed E-state index contributed by atoms with van der Waals surface area (Å²) < 4.78 is 0. The molecule has 50 valence electrons. The van der Waals surface area contributed by atoms with Crippen molar-refractivity contribution in [3.63, 3.8) is 0 Å². The van der Waals surface area contributed by atoms with Gasteiger partial charge in [-0.05, 0) is 0 Å². The van der Waals surface area contributed by atoms with Gasteiger partial charge in [0, 0.05) is 0 Å². The van der Waals surface area contributed by atoms with Crippen molar-refractivity contribution < 1.29 is 19.8 Å². The van der Waals surface area contributed by atoms with Gasteiger partial charge in [0.2, 0.25) is 0 Å². The average Bonchev–Trinajstić information content (AvgIpc) is 1.68. The maximum absolute atomic E-state index is 9.32. The van der Waals surface area contributed by atoms with Crippen LogP contribution in [0.1, 0.15) is 0 Å². The lowest BCUT2D eigenvalue weighted by Crippen LogP contribution is -2.26. The molecule has 0 atom stereocenters. The van der Waals surface area contributed by atoms with Crippen LogP contribution in [-0.4, -0.2) is 22.4 Å². The van der Waals surface area contributed by atoms with E-state index in [4.69, 9.17) is 10.2 Å². The fraction of sp³-hybridized carbons (Fsp3) is 0. The zero-order chi connectivity index (χ0) is 7.86. The predicted molar refractivity (Wildman–Crippen MR) is 29.1 cm³/mol. The Bertz CT molecular complexity index is 116. The molecule has 2 amide bonds. The van der Waals surface area contributed by atoms with Crippen molar-refractivity contribution in [3.05, 3.63) is 0 Å². The van der Waals surface area contributed by atoms with Crippen LogP contribution in [0.4, 0.5) is 9.59 Å². The van der Waals surface area contributed by atoms with Crippen molar-refractivity contribution in [2.75, 3.05) is 0 Å². The van der Waals surface area contributed by atoms with Crippen LogP contribution in [0.3, 0.4) is 0 Å². The lowest BCUT2D eigenvalue weighted by atomic mass is 11.0. The molecule has 0 bridgehead atoms. The highest BCUT2D eigenvalue weighted by atomic mass is 16.4. The Kier molecular flexibility index (Phi) is 7.22. The molecule has 0 radical (unpaired) electrons. The van der Waals surface area contributed by atoms with E-state index < -0.39 is 12.2 Å². The average molecular weight is 131 g/mol. The Morgan fingerprint density at radius 2 is 1.33 bits per heavy atom. The molecule has 0 rings (SSSR count). The summed E-state index contributed by atoms with van der Waals surface area (Å²) in [5.74, 6) is 0. The van der Waals surface area contributed by atoms with E-state index in [0.717, 1.165) is 5.32 Å². The van der Waals surface area contributed by atoms with Gasteiger partial charge in [-0.1, -0.05) is 0 Å². The van der Waals surface area contributed by atoms with E-state index in [2.05, 4.69) is 12.8 Å². The third kappa shape index (κ3) is 22.0. The van der Waals surface area contributed by atoms with Gasteiger partial charge in [-0.2, -0.15) is 0 Å². The van der Waals surface area contributed by atoms with E-state index in [1.807, 2.05) is 0 Å². The van der Waals surface area contributed by atoms with Gasteiger partial charge in [-0.15, -0.1) is 12.8 Å². The van der Waals surface area contributed by atoms with E-state index in [0.29, 0.717) is 0 Å². The van der Waals surface area contributed by atoms with Gasteiger partial charge in [0.25, 0.3) is 0 Å². The van der Waals surface area contributed by atoms with Crippen LogP contribution >= 0.6 is 0 Å². The predicted octanol–water partition coefficient (Wildman–Crippen LogP) is 0.181. The van der Waals surface area contributed by atoms with Crippen molar-refractivity contribution in [2.45, 2.75) is 0 Å². The van der Waals surface area contributed by atoms with Crippen LogP contribution in [0.5, 0.6) is 0 Å². The Morgan fingerprint density at radius 3 is 1.33 bits per heavy atom. The van der Waals surface area contributed by atoms with Crippen LogP contribution < -0.4 is 5.32 Å². The maximum atomic E-state index is 9.32. The summed E-state index contributed by atoms with van der Waals surface area (Å²) in [7, 11) is 0. The summed E-state index contributed by atoms with van der Waals surface area (Å²) in [6, 6.07) is 0. The fourth-order valence-electron chi connectivity index (χ4n) is 0.0915. The first-order valence-corrected chi connectivity index (χ1v) is 1.69. The highest BCUT2D eigenvalue weighted by Gasteiger charge is 1.97. The summed E-state index contributed by atoms with van der Waals surface area (Å²) in [5.41, 5.74) is 0. The summed E-state index contributed by atoms with van der Waals surface area (Å²) >= 11 is 0. The van der Waals surface area contributed by atoms with Gasteiger partial charge in [-0.3, -0.25) is 0 Å². The van der Waals surface area contributed by atoms with E-state index in [1.54, 1.807) is 0 Å². The fourth-order valence-corrected chi connectivity index (χ4v) is 0.0915. The molecule has 0 aromatic heterocycles. The molecule has 0 aromatic rings. The van der Waals surface area contributed by atoms with Crippen molar-refractivity contribution in [2.24, 2.45) is 0 Å². The van der Waals surface area contributed by atoms with Crippen molar-refractivity contribution >= 4 is 12.2 Å². The molecule has 0 aliphatic heterocycles. The molecule has 9 heavy (non-hydrogen) atoms. The summed E-state index contributed by atoms with van der Waals surface area (Å²) in [6.07, 6.45) is 4.88. The van der Waals surface area contributed by atoms with E-state index >= 15 is 0 Å². The molecular formula is C4H5NO4. The number of amides is 2. The third-order valence-electron chi connectivity index (χ3n) is 0.214. The summed E-state index contributed by atoms with van der Waals surface area (Å²) in [5, 5.41) is 16.3. The molecule has 0 aliphatic rings. The first kappa shape index (κ1) is 10.3. The highest BCUT2D eigenvalue weighted by molar-refractivity contribution is 5.84. The Balaban J connectivity index is 0. The van der Waals surface area contributed by atoms with E-state index in [-0.39, 0.29) is 0 Å². The monoisotopic (exact) mass is 131 g/mol. The number of carboxylic acid groups (broad SMARTS) is 2. The molecule has 0 saturated carbocycles. The van der Waals surface area contributed by atoms with E-state index in [9.17, 15) is 9.59 Å². The summed E-state index contributed by atoms with van der Waals surface area (Å²) in [6.45, 7) is 0. The number of rotatable bonds is 0. The van der Waals surface area contributed by atoms with Crippen molar-refractivity contribution in [3.8, 4) is 12.8 Å². The molecule has 0 unspecified atom stereocenters. The van der Waals surface area contributed by atoms with Gasteiger partial charge < -0.3 is 10.2 Å². The second-order valence-electron chi connectivity index (χ2n) is 0.735. The van der Waals surface area contributed by atoms with Crippen LogP contribution in [0.15, 0.2) is 0 Å². The number of hydrogen-bond acceptors (Lipinski definition) is 2. The quantitative estimate of drug-likeness (QED) is 0.409. The molecular weight excluding hydrogens is 126 g/mol. The SMILES string of the molecule is C#C.O=C(O)NC(=O)O. The zero-order valence-electron chi connectivity index (χ0n) is 4.37. The lowest BCUT2D eigenvalue weighted by molar-refractivity contribution is 0.174. The second-order valence-corrected chi connectivity index (χ2v) is 0.735. The molecule has 0 fully saturated rings. The lowest BCUT2D eigenvalue weighted by Gasteiger charge is -1.85. The minimum absolute atomic E-state index is 1.14. The Morgan fingerprint density at radius 1 is 1.11 bits per heavy atom. The Labute approximate surface area is 51.3 Å².